The normalized spacial score (nSPS) is 18.4. The Bertz CT molecular complexity index is 2480. The second-order valence-corrected chi connectivity index (χ2v) is 17.2. The lowest BCUT2D eigenvalue weighted by Gasteiger charge is -2.29. The number of hydrogen-bond acceptors (Lipinski definition) is 9. The minimum Gasteiger partial charge on any atom is -0.486 e. The highest BCUT2D eigenvalue weighted by atomic mass is 19.4. The van der Waals surface area contributed by atoms with Crippen molar-refractivity contribution in [2.24, 2.45) is 0 Å². The van der Waals surface area contributed by atoms with Crippen molar-refractivity contribution < 1.29 is 41.3 Å². The van der Waals surface area contributed by atoms with Crippen molar-refractivity contribution >= 4 is 33.7 Å². The highest BCUT2D eigenvalue weighted by molar-refractivity contribution is 6.06. The second-order valence-electron chi connectivity index (χ2n) is 17.2. The number of hydrogen-bond donors (Lipinski definition) is 0. The molecule has 2 atom stereocenters. The maximum atomic E-state index is 16.4. The molecule has 15 heteroatoms. The van der Waals surface area contributed by atoms with Crippen LogP contribution in [0.1, 0.15) is 100 Å². The first-order valence-electron chi connectivity index (χ1n) is 20.8. The summed E-state index contributed by atoms with van der Waals surface area (Å²) in [5, 5.41) is 6.02. The van der Waals surface area contributed by atoms with Crippen LogP contribution in [-0.2, 0) is 16.1 Å². The summed E-state index contributed by atoms with van der Waals surface area (Å²) in [5.74, 6) is 2.97. The van der Waals surface area contributed by atoms with Crippen molar-refractivity contribution in [2.45, 2.75) is 109 Å². The van der Waals surface area contributed by atoms with E-state index in [1.54, 1.807) is 22.7 Å². The lowest BCUT2D eigenvalue weighted by molar-refractivity contribution is -0.139. The molecule has 0 spiro atoms. The van der Waals surface area contributed by atoms with Crippen LogP contribution in [0.15, 0.2) is 42.6 Å². The van der Waals surface area contributed by atoms with Gasteiger partial charge in [0.25, 0.3) is 0 Å². The number of alkyl halides is 3. The van der Waals surface area contributed by atoms with Crippen molar-refractivity contribution in [1.82, 2.24) is 24.6 Å². The van der Waals surface area contributed by atoms with Crippen molar-refractivity contribution in [3.05, 3.63) is 70.7 Å². The predicted octanol–water partition coefficient (Wildman–Crippen LogP) is 10.0. The first-order chi connectivity index (χ1) is 29.1. The van der Waals surface area contributed by atoms with Gasteiger partial charge in [-0.2, -0.15) is 28.2 Å². The van der Waals surface area contributed by atoms with Crippen LogP contribution in [0.5, 0.6) is 11.8 Å². The van der Waals surface area contributed by atoms with Gasteiger partial charge >= 0.3 is 18.3 Å². The van der Waals surface area contributed by atoms with Crippen LogP contribution < -0.4 is 14.4 Å². The Morgan fingerprint density at radius 2 is 1.79 bits per heavy atom. The van der Waals surface area contributed by atoms with E-state index < -0.39 is 36.7 Å². The van der Waals surface area contributed by atoms with Crippen molar-refractivity contribution in [2.75, 3.05) is 38.3 Å². The number of ether oxygens (including phenoxy) is 4. The first kappa shape index (κ1) is 42.1. The zero-order valence-electron chi connectivity index (χ0n) is 35.1. The van der Waals surface area contributed by atoms with E-state index in [4.69, 9.17) is 40.4 Å². The van der Waals surface area contributed by atoms with Gasteiger partial charge in [-0.3, -0.25) is 0 Å². The average Bonchev–Trinajstić information content (AvgIpc) is 3.79. The molecule has 1 unspecified atom stereocenters. The van der Waals surface area contributed by atoms with Gasteiger partial charge in [-0.15, -0.1) is 6.42 Å². The van der Waals surface area contributed by atoms with E-state index in [-0.39, 0.29) is 36.3 Å². The number of carbonyl (C=O) groups is 1. The molecule has 8 rings (SSSR count). The molecule has 5 aromatic rings. The molecular weight excluding hydrogens is 793 g/mol. The number of halogens is 4. The molecule has 0 N–H and O–H groups in total. The monoisotopic (exact) mass is 842 g/mol. The van der Waals surface area contributed by atoms with E-state index >= 15 is 4.39 Å². The van der Waals surface area contributed by atoms with Gasteiger partial charge in [0.15, 0.2) is 12.0 Å². The van der Waals surface area contributed by atoms with Crippen LogP contribution in [0.25, 0.3) is 32.9 Å². The number of amides is 1. The standard InChI is InChI=1S/C46H50F4N6O5/c1-7-28-11-13-29(14-12-28)26-60-41-39(38-27(2)35(47)23-36-34(38)24-51-56(36)37-10-8-9-20-58-37)32(30-15-16-30)22-33-40(41)52-43(59-21-18-46(48,49)50)53-42(33)54(6)31-17-19-55(25-31)44(57)61-45(3,4)5/h1,11-14,22-24,30-31,37H,8-10,15-21,25-26H2,2-6H3/t31-,37?/m0/s1. The van der Waals surface area contributed by atoms with Gasteiger partial charge in [-0.05, 0) is 107 Å². The van der Waals surface area contributed by atoms with Crippen LogP contribution in [-0.4, -0.2) is 81.9 Å². The summed E-state index contributed by atoms with van der Waals surface area (Å²) in [6, 6.07) is 10.3. The van der Waals surface area contributed by atoms with Crippen LogP contribution in [0.4, 0.5) is 28.2 Å². The predicted molar refractivity (Wildman–Crippen MR) is 223 cm³/mol. The van der Waals surface area contributed by atoms with Crippen LogP contribution in [0, 0.1) is 25.1 Å². The number of benzene rings is 3. The van der Waals surface area contributed by atoms with Crippen LogP contribution >= 0.6 is 0 Å². The van der Waals surface area contributed by atoms with Gasteiger partial charge in [0.2, 0.25) is 0 Å². The van der Waals surface area contributed by atoms with E-state index in [1.807, 2.05) is 63.1 Å². The summed E-state index contributed by atoms with van der Waals surface area (Å²) < 4.78 is 82.8. The van der Waals surface area contributed by atoms with Gasteiger partial charge < -0.3 is 28.7 Å². The smallest absolute Gasteiger partial charge is 0.410 e. The highest BCUT2D eigenvalue weighted by Gasteiger charge is 2.37. The molecule has 1 aliphatic carbocycles. The number of nitrogens with zero attached hydrogens (tertiary/aromatic N) is 6. The van der Waals surface area contributed by atoms with E-state index in [0.717, 1.165) is 43.2 Å². The third-order valence-electron chi connectivity index (χ3n) is 11.5. The summed E-state index contributed by atoms with van der Waals surface area (Å²) in [7, 11) is 1.84. The number of anilines is 1. The number of carbonyl (C=O) groups excluding carboxylic acids is 1. The Morgan fingerprint density at radius 3 is 2.46 bits per heavy atom. The molecule has 322 valence electrons. The van der Waals surface area contributed by atoms with Crippen molar-refractivity contribution in [1.29, 1.82) is 0 Å². The summed E-state index contributed by atoms with van der Waals surface area (Å²) >= 11 is 0. The summed E-state index contributed by atoms with van der Waals surface area (Å²) in [6.45, 7) is 7.82. The molecule has 0 radical (unpaired) electrons. The highest BCUT2D eigenvalue weighted by Crippen LogP contribution is 2.53. The quantitative estimate of drug-likeness (QED) is 0.0950. The summed E-state index contributed by atoms with van der Waals surface area (Å²) in [6.07, 6.45) is 5.83. The molecule has 4 heterocycles. The zero-order chi connectivity index (χ0) is 43.2. The maximum Gasteiger partial charge on any atom is 0.410 e. The molecule has 2 saturated heterocycles. The van der Waals surface area contributed by atoms with E-state index in [2.05, 4.69) is 5.92 Å². The third kappa shape index (κ3) is 9.05. The third-order valence-corrected chi connectivity index (χ3v) is 11.5. The molecule has 3 aliphatic rings. The Morgan fingerprint density at radius 1 is 1.02 bits per heavy atom. The number of aromatic nitrogens is 4. The largest absolute Gasteiger partial charge is 0.486 e. The molecule has 2 aromatic heterocycles. The Kier molecular flexibility index (Phi) is 11.5. The van der Waals surface area contributed by atoms with E-state index in [1.165, 1.54) is 6.07 Å². The number of fused-ring (bicyclic) bond motifs is 2. The van der Waals surface area contributed by atoms with Gasteiger partial charge in [-0.25, -0.2) is 13.9 Å². The lowest BCUT2D eigenvalue weighted by Crippen LogP contribution is -2.39. The van der Waals surface area contributed by atoms with Crippen molar-refractivity contribution in [3.8, 4) is 35.2 Å². The summed E-state index contributed by atoms with van der Waals surface area (Å²) in [4.78, 5) is 26.2. The Labute approximate surface area is 352 Å². The molecule has 1 saturated carbocycles. The fraction of sp³-hybridized carbons (Fsp3) is 0.478. The van der Waals surface area contributed by atoms with Crippen LogP contribution in [0.3, 0.4) is 0 Å². The number of likely N-dealkylation sites (N-methyl/N-ethyl adjacent to an activating group) is 1. The fourth-order valence-corrected chi connectivity index (χ4v) is 8.23. The van der Waals surface area contributed by atoms with Crippen molar-refractivity contribution in [3.63, 3.8) is 0 Å². The zero-order valence-corrected chi connectivity index (χ0v) is 35.1. The molecule has 11 nitrogen and oxygen atoms in total. The van der Waals surface area contributed by atoms with E-state index in [9.17, 15) is 18.0 Å². The molecule has 3 fully saturated rings. The minimum atomic E-state index is -4.48. The van der Waals surface area contributed by atoms with Crippen LogP contribution in [0.2, 0.25) is 0 Å². The molecule has 61 heavy (non-hydrogen) atoms. The molecule has 3 aromatic carbocycles. The SMILES string of the molecule is C#Cc1ccc(COc2c(-c3c(C)c(F)cc4c3cnn4C3CCCCO3)c(C3CC3)cc3c(N(C)[C@H]4CCN(C(=O)OC(C)(C)C)C4)nc(OCCC(F)(F)F)nc23)cc1. The van der Waals surface area contributed by atoms with E-state index in [0.29, 0.717) is 76.2 Å². The molecule has 0 bridgehead atoms. The first-order valence-corrected chi connectivity index (χ1v) is 20.8. The second kappa shape index (κ2) is 16.7. The average molecular weight is 843 g/mol. The topological polar surface area (TPSA) is 104 Å². The summed E-state index contributed by atoms with van der Waals surface area (Å²) in [5.41, 5.74) is 4.12. The number of terminal acetylenes is 1. The van der Waals surface area contributed by atoms with Gasteiger partial charge in [0.05, 0.1) is 18.1 Å². The Balaban J connectivity index is 1.34. The van der Waals surface area contributed by atoms with Gasteiger partial charge in [-0.1, -0.05) is 18.1 Å². The number of rotatable bonds is 11. The lowest BCUT2D eigenvalue weighted by atomic mass is 9.88. The molecule has 2 aliphatic heterocycles. The fourth-order valence-electron chi connectivity index (χ4n) is 8.23. The maximum absolute atomic E-state index is 16.4. The minimum absolute atomic E-state index is 0.0562. The van der Waals surface area contributed by atoms with Gasteiger partial charge in [0.1, 0.15) is 36.0 Å². The number of likely N-dealkylation sites (tertiary alicyclic amines) is 1. The molecular formula is C46H50F4N6O5. The molecule has 1 amide bonds. The van der Waals surface area contributed by atoms with Gasteiger partial charge in [0, 0.05) is 66.3 Å². The Hall–Kier alpha value is -5.62.